The summed E-state index contributed by atoms with van der Waals surface area (Å²) in [5.41, 5.74) is 0. The van der Waals surface area contributed by atoms with Crippen LogP contribution in [-0.4, -0.2) is 73.4 Å². The van der Waals surface area contributed by atoms with Gasteiger partial charge in [-0.2, -0.15) is 0 Å². The Morgan fingerprint density at radius 1 is 0.680 bits per heavy atom. The second-order valence-corrected chi connectivity index (χ2v) is 16.8. The highest BCUT2D eigenvalue weighted by Gasteiger charge is 2.28. The van der Waals surface area contributed by atoms with Crippen LogP contribution in [0.25, 0.3) is 0 Å². The molecule has 0 radical (unpaired) electrons. The molecule has 0 aromatic heterocycles. The number of amides is 1. The van der Waals surface area contributed by atoms with Gasteiger partial charge in [0.25, 0.3) is 0 Å². The standard InChI is InChI=1S/C41H81N2O6P/c1-6-8-10-12-14-16-18-20-21-23-25-27-29-31-33-35-41(45)42-39(38-49-50(46,47)48-37-36-43(3,4)5)40(44)34-32-30-28-26-24-22-19-17-15-13-11-9-7-2/h14,16,18,20,39-40,44H,6-13,15,17,19,21-38H2,1-5H3,(H-,42,45,46,47)/p+1/b16-14-,20-18-. The first-order chi connectivity index (χ1) is 24.0. The van der Waals surface area contributed by atoms with Gasteiger partial charge in [-0.25, -0.2) is 4.57 Å². The van der Waals surface area contributed by atoms with Gasteiger partial charge in [0.1, 0.15) is 13.2 Å². The summed E-state index contributed by atoms with van der Waals surface area (Å²) in [5.74, 6) is -0.158. The van der Waals surface area contributed by atoms with Crippen LogP contribution in [0.1, 0.15) is 181 Å². The quantitative estimate of drug-likeness (QED) is 0.0254. The minimum absolute atomic E-state index is 0.0725. The van der Waals surface area contributed by atoms with E-state index in [1.807, 2.05) is 21.1 Å². The van der Waals surface area contributed by atoms with E-state index in [2.05, 4.69) is 43.5 Å². The Bertz CT molecular complexity index is 876. The van der Waals surface area contributed by atoms with E-state index in [1.165, 1.54) is 103 Å². The highest BCUT2D eigenvalue weighted by molar-refractivity contribution is 7.47. The van der Waals surface area contributed by atoms with Gasteiger partial charge in [-0.05, 0) is 38.5 Å². The predicted molar refractivity (Wildman–Crippen MR) is 212 cm³/mol. The summed E-state index contributed by atoms with van der Waals surface area (Å²) >= 11 is 0. The largest absolute Gasteiger partial charge is 0.472 e. The summed E-state index contributed by atoms with van der Waals surface area (Å²) in [6.07, 6.45) is 37.6. The number of nitrogens with zero attached hydrogens (tertiary/aromatic N) is 1. The van der Waals surface area contributed by atoms with E-state index in [-0.39, 0.29) is 19.1 Å². The van der Waals surface area contributed by atoms with E-state index in [1.54, 1.807) is 0 Å². The van der Waals surface area contributed by atoms with Crippen LogP contribution in [0.15, 0.2) is 24.3 Å². The zero-order valence-corrected chi connectivity index (χ0v) is 34.3. The van der Waals surface area contributed by atoms with Gasteiger partial charge in [-0.15, -0.1) is 0 Å². The second kappa shape index (κ2) is 33.8. The third kappa shape index (κ3) is 35.4. The third-order valence-corrected chi connectivity index (χ3v) is 10.2. The average molecular weight is 730 g/mol. The van der Waals surface area contributed by atoms with Gasteiger partial charge < -0.3 is 19.8 Å². The molecule has 0 spiro atoms. The van der Waals surface area contributed by atoms with Crippen LogP contribution in [0, 0.1) is 0 Å². The number of aliphatic hydroxyl groups is 1. The molecule has 0 aliphatic carbocycles. The molecule has 0 saturated carbocycles. The smallest absolute Gasteiger partial charge is 0.391 e. The zero-order chi connectivity index (χ0) is 37.2. The molecule has 0 aliphatic heterocycles. The fourth-order valence-corrected chi connectivity index (χ4v) is 6.59. The molecule has 3 N–H and O–H groups in total. The van der Waals surface area contributed by atoms with Crippen molar-refractivity contribution in [3.63, 3.8) is 0 Å². The fourth-order valence-electron chi connectivity index (χ4n) is 5.86. The van der Waals surface area contributed by atoms with Crippen molar-refractivity contribution in [1.29, 1.82) is 0 Å². The van der Waals surface area contributed by atoms with Crippen molar-refractivity contribution >= 4 is 13.7 Å². The Kier molecular flexibility index (Phi) is 33.1. The number of nitrogens with one attached hydrogen (secondary N) is 1. The van der Waals surface area contributed by atoms with E-state index in [0.29, 0.717) is 23.9 Å². The molecule has 1 amide bonds. The van der Waals surface area contributed by atoms with Crippen molar-refractivity contribution in [1.82, 2.24) is 5.32 Å². The highest BCUT2D eigenvalue weighted by Crippen LogP contribution is 2.43. The van der Waals surface area contributed by atoms with Gasteiger partial charge >= 0.3 is 7.82 Å². The number of quaternary nitrogens is 1. The third-order valence-electron chi connectivity index (χ3n) is 9.23. The Hall–Kier alpha value is -1.02. The molecule has 296 valence electrons. The van der Waals surface area contributed by atoms with Crippen molar-refractivity contribution in [2.24, 2.45) is 0 Å². The minimum atomic E-state index is -4.31. The van der Waals surface area contributed by atoms with E-state index in [4.69, 9.17) is 9.05 Å². The average Bonchev–Trinajstić information content (AvgIpc) is 3.06. The molecule has 0 aliphatic rings. The first-order valence-electron chi connectivity index (χ1n) is 20.7. The maximum absolute atomic E-state index is 12.8. The molecule has 3 atom stereocenters. The lowest BCUT2D eigenvalue weighted by Crippen LogP contribution is -2.46. The van der Waals surface area contributed by atoms with Gasteiger partial charge in [0.2, 0.25) is 5.91 Å². The van der Waals surface area contributed by atoms with Gasteiger partial charge in [-0.3, -0.25) is 13.8 Å². The SMILES string of the molecule is CCCCC/C=C\C=C/CCCCCCCCC(=O)NC(COP(=O)(O)OCC[N+](C)(C)C)C(O)CCCCCCCCCCCCCCC. The molecule has 50 heavy (non-hydrogen) atoms. The van der Waals surface area contributed by atoms with Gasteiger partial charge in [-0.1, -0.05) is 160 Å². The number of carbonyl (C=O) groups excluding carboxylic acids is 1. The van der Waals surface area contributed by atoms with Crippen LogP contribution >= 0.6 is 7.82 Å². The maximum Gasteiger partial charge on any atom is 0.472 e. The molecule has 9 heteroatoms. The van der Waals surface area contributed by atoms with Crippen molar-refractivity contribution in [3.8, 4) is 0 Å². The van der Waals surface area contributed by atoms with Crippen molar-refractivity contribution in [2.75, 3.05) is 40.9 Å². The van der Waals surface area contributed by atoms with Crippen LogP contribution in [0.3, 0.4) is 0 Å². The summed E-state index contributed by atoms with van der Waals surface area (Å²) in [6.45, 7) is 4.83. The minimum Gasteiger partial charge on any atom is -0.391 e. The number of hydrogen-bond acceptors (Lipinski definition) is 5. The number of phosphoric acid groups is 1. The van der Waals surface area contributed by atoms with Crippen LogP contribution in [0.4, 0.5) is 0 Å². The summed E-state index contributed by atoms with van der Waals surface area (Å²) in [6, 6.07) is -0.762. The lowest BCUT2D eigenvalue weighted by atomic mass is 10.0. The number of aliphatic hydroxyl groups excluding tert-OH is 1. The van der Waals surface area contributed by atoms with Crippen LogP contribution in [0.2, 0.25) is 0 Å². The number of allylic oxidation sites excluding steroid dienone is 4. The first kappa shape index (κ1) is 49.0. The number of rotatable bonds is 37. The normalized spacial score (nSPS) is 14.8. The number of likely N-dealkylation sites (N-methyl/N-ethyl adjacent to an activating group) is 1. The van der Waals surface area contributed by atoms with E-state index >= 15 is 0 Å². The fraction of sp³-hybridized carbons (Fsp3) is 0.878. The van der Waals surface area contributed by atoms with Crippen molar-refractivity contribution in [3.05, 3.63) is 24.3 Å². The zero-order valence-electron chi connectivity index (χ0n) is 33.4. The van der Waals surface area contributed by atoms with Crippen molar-refractivity contribution < 1.29 is 32.9 Å². The monoisotopic (exact) mass is 730 g/mol. The molecule has 0 heterocycles. The van der Waals surface area contributed by atoms with Gasteiger partial charge in [0, 0.05) is 6.42 Å². The van der Waals surface area contributed by atoms with E-state index in [0.717, 1.165) is 51.4 Å². The second-order valence-electron chi connectivity index (χ2n) is 15.4. The lowest BCUT2D eigenvalue weighted by molar-refractivity contribution is -0.870. The van der Waals surface area contributed by atoms with E-state index in [9.17, 15) is 19.4 Å². The first-order valence-corrected chi connectivity index (χ1v) is 22.2. The molecular weight excluding hydrogens is 647 g/mol. The molecule has 0 saturated heterocycles. The highest BCUT2D eigenvalue weighted by atomic mass is 31.2. The summed E-state index contributed by atoms with van der Waals surface area (Å²) in [5, 5.41) is 13.9. The number of hydrogen-bond donors (Lipinski definition) is 3. The van der Waals surface area contributed by atoms with E-state index < -0.39 is 20.0 Å². The number of unbranched alkanes of at least 4 members (excludes halogenated alkanes) is 21. The lowest BCUT2D eigenvalue weighted by Gasteiger charge is -2.26. The Morgan fingerprint density at radius 3 is 1.64 bits per heavy atom. The van der Waals surface area contributed by atoms with Crippen LogP contribution in [0.5, 0.6) is 0 Å². The van der Waals surface area contributed by atoms with Crippen LogP contribution < -0.4 is 5.32 Å². The molecule has 8 nitrogen and oxygen atoms in total. The molecule has 0 bridgehead atoms. The topological polar surface area (TPSA) is 105 Å². The Balaban J connectivity index is 4.44. The summed E-state index contributed by atoms with van der Waals surface area (Å²) in [4.78, 5) is 23.1. The summed E-state index contributed by atoms with van der Waals surface area (Å²) < 4.78 is 23.6. The Labute approximate surface area is 309 Å². The molecule has 0 aromatic carbocycles. The Morgan fingerprint density at radius 2 is 1.12 bits per heavy atom. The summed E-state index contributed by atoms with van der Waals surface area (Å²) in [7, 11) is 1.61. The maximum atomic E-state index is 12.8. The predicted octanol–water partition coefficient (Wildman–Crippen LogP) is 11.0. The molecule has 0 rings (SSSR count). The van der Waals surface area contributed by atoms with Crippen LogP contribution in [-0.2, 0) is 18.4 Å². The number of carbonyl (C=O) groups is 1. The number of phosphoric ester groups is 1. The van der Waals surface area contributed by atoms with Gasteiger partial charge in [0.15, 0.2) is 0 Å². The van der Waals surface area contributed by atoms with Crippen molar-refractivity contribution in [2.45, 2.75) is 193 Å². The van der Waals surface area contributed by atoms with Gasteiger partial charge in [0.05, 0.1) is 39.9 Å². The molecular formula is C41H82N2O6P+. The molecule has 3 unspecified atom stereocenters. The molecule has 0 fully saturated rings. The molecule has 0 aromatic rings.